The van der Waals surface area contributed by atoms with Gasteiger partial charge in [-0.1, -0.05) is 0 Å². The Hall–Kier alpha value is 2.28. The summed E-state index contributed by atoms with van der Waals surface area (Å²) in [5.41, 5.74) is 0. The van der Waals surface area contributed by atoms with Crippen LogP contribution in [0.2, 0.25) is 0 Å². The quantitative estimate of drug-likeness (QED) is 0.277. The minimum atomic E-state index is 0. The topological polar surface area (TPSA) is 0 Å². The molecule has 0 radical (unpaired) electrons. The van der Waals surface area contributed by atoms with Crippen molar-refractivity contribution in [1.29, 1.82) is 0 Å². The fourth-order valence-electron chi connectivity index (χ4n) is 0. The van der Waals surface area contributed by atoms with E-state index in [1.54, 1.807) is 0 Å². The Kier molecular flexibility index (Phi) is 48.2. The maximum absolute atomic E-state index is 2.27. The summed E-state index contributed by atoms with van der Waals surface area (Å²) in [6, 6.07) is 0. The molecule has 0 unspecified atom stereocenters. The van der Waals surface area contributed by atoms with Gasteiger partial charge in [-0.25, -0.2) is 0 Å². The molecule has 0 aliphatic rings. The molecule has 0 saturated heterocycles. The average molecular weight is 491 g/mol. The van der Waals surface area contributed by atoms with Crippen LogP contribution >= 0.6 is 35.2 Å². The summed E-state index contributed by atoms with van der Waals surface area (Å²) >= 11 is 4.23. The van der Waals surface area contributed by atoms with E-state index in [1.165, 1.54) is 0 Å². The first kappa shape index (κ1) is 23.3. The molecule has 0 aromatic rings. The molecule has 76 valence electrons. The molecule has 0 bridgehead atoms. The van der Waals surface area contributed by atoms with E-state index in [0.717, 1.165) is 0 Å². The Labute approximate surface area is 97.9 Å². The number of hydrogen-bond donors (Lipinski definition) is 0. The number of hydrogen-bond acceptors (Lipinski definition) is 0. The van der Waals surface area contributed by atoms with E-state index in [1.807, 2.05) is 0 Å². The predicted octanol–water partition coefficient (Wildman–Crippen LogP) is 3.51. The van der Waals surface area contributed by atoms with Gasteiger partial charge in [0.25, 0.3) is 0 Å². The molecular weight excluding hydrogens is 468 g/mol. The summed E-state index contributed by atoms with van der Waals surface area (Å²) in [4.78, 5) is 0. The van der Waals surface area contributed by atoms with Gasteiger partial charge in [-0.05, 0) is 15.8 Å². The van der Waals surface area contributed by atoms with Gasteiger partial charge in [0.1, 0.15) is 0 Å². The zero-order valence-corrected chi connectivity index (χ0v) is 15.1. The second kappa shape index (κ2) is 22.8. The molecule has 0 heterocycles. The van der Waals surface area contributed by atoms with E-state index >= 15 is 0 Å². The summed E-state index contributed by atoms with van der Waals surface area (Å²) in [7, 11) is 0.241. The fourth-order valence-corrected chi connectivity index (χ4v) is 0. The molecule has 0 aromatic heterocycles. The van der Waals surface area contributed by atoms with Crippen molar-refractivity contribution in [2.75, 3.05) is 40.0 Å². The molecule has 0 fully saturated rings. The summed E-state index contributed by atoms with van der Waals surface area (Å²) in [5.74, 6) is 0. The molecule has 11 heavy (non-hydrogen) atoms. The van der Waals surface area contributed by atoms with Gasteiger partial charge in [-0.15, -0.1) is 0 Å². The molecular formula is C7H23IP2Pt+2. The van der Waals surface area contributed by atoms with Gasteiger partial charge in [0.2, 0.25) is 0 Å². The first-order valence-corrected chi connectivity index (χ1v) is 15.6. The molecule has 0 aliphatic carbocycles. The number of rotatable bonds is 0. The van der Waals surface area contributed by atoms with Crippen LogP contribution in [0.15, 0.2) is 0 Å². The van der Waals surface area contributed by atoms with Gasteiger partial charge >= 0.3 is 35.5 Å². The average Bonchev–Trinajstić information content (AvgIpc) is 1.66. The van der Waals surface area contributed by atoms with Crippen LogP contribution in [0.5, 0.6) is 0 Å². The first-order chi connectivity index (χ1) is 4.46. The zero-order chi connectivity index (χ0) is 9.15. The molecule has 0 rings (SSSR count). The van der Waals surface area contributed by atoms with Crippen molar-refractivity contribution < 1.29 is 16.1 Å². The normalized spacial score (nSPS) is 7.18. The minimum absolute atomic E-state index is 0. The molecule has 0 atom stereocenters. The van der Waals surface area contributed by atoms with Crippen LogP contribution in [0.4, 0.5) is 0 Å². The molecule has 0 aliphatic heterocycles. The molecule has 0 N–H and O–H groups in total. The van der Waals surface area contributed by atoms with E-state index in [2.05, 4.69) is 75.5 Å². The van der Waals surface area contributed by atoms with Gasteiger partial charge in [-0.2, -0.15) is 0 Å². The summed E-state index contributed by atoms with van der Waals surface area (Å²) in [6.45, 7) is 13.6. The van der Waals surface area contributed by atoms with Crippen molar-refractivity contribution in [1.82, 2.24) is 0 Å². The summed E-state index contributed by atoms with van der Waals surface area (Å²) in [6.07, 6.45) is 0. The van der Waals surface area contributed by atoms with E-state index in [0.29, 0.717) is 0 Å². The third-order valence-corrected chi connectivity index (χ3v) is 0. The van der Waals surface area contributed by atoms with E-state index < -0.39 is 0 Å². The van der Waals surface area contributed by atoms with Gasteiger partial charge < -0.3 is 7.43 Å². The number of halogens is 1. The van der Waals surface area contributed by atoms with Gasteiger partial charge in [0.05, 0.1) is 0 Å². The van der Waals surface area contributed by atoms with E-state index in [-0.39, 0.29) is 23.3 Å². The maximum atomic E-state index is 2.27. The Morgan fingerprint density at radius 1 is 0.727 bits per heavy atom. The van der Waals surface area contributed by atoms with Crippen LogP contribution in [0.25, 0.3) is 0 Å². The molecule has 0 amide bonds. The van der Waals surface area contributed by atoms with Crippen LogP contribution in [-0.2, 0) is 16.1 Å². The second-order valence-corrected chi connectivity index (χ2v) is 9.00. The Morgan fingerprint density at radius 3 is 0.727 bits per heavy atom. The summed E-state index contributed by atoms with van der Waals surface area (Å²) in [5, 5.41) is 0. The SMILES string of the molecule is C[PH+](C)C.C[PH+](C)C.[CH3-].[I][Pt+]. The van der Waals surface area contributed by atoms with Gasteiger partial charge in [0.15, 0.2) is 0 Å². The first-order valence-electron chi connectivity index (χ1n) is 3.12. The fraction of sp³-hybridized carbons (Fsp3) is 0.857. The Balaban J connectivity index is -0.0000000339. The molecule has 0 nitrogen and oxygen atoms in total. The Bertz CT molecular complexity index is 31.9. The molecule has 0 aromatic carbocycles. The van der Waals surface area contributed by atoms with Crippen molar-refractivity contribution in [3.05, 3.63) is 7.43 Å². The second-order valence-electron chi connectivity index (χ2n) is 3.00. The monoisotopic (exact) mass is 491 g/mol. The third kappa shape index (κ3) is 250. The third-order valence-electron chi connectivity index (χ3n) is 0. The van der Waals surface area contributed by atoms with Crippen LogP contribution in [-0.4, -0.2) is 40.0 Å². The van der Waals surface area contributed by atoms with Crippen LogP contribution in [0, 0.1) is 7.43 Å². The van der Waals surface area contributed by atoms with Crippen LogP contribution in [0.3, 0.4) is 0 Å². The van der Waals surface area contributed by atoms with E-state index in [9.17, 15) is 0 Å². The predicted molar refractivity (Wildman–Crippen MR) is 72.6 cm³/mol. The van der Waals surface area contributed by atoms with Crippen LogP contribution in [0.1, 0.15) is 0 Å². The standard InChI is InChI=1S/2C3H9P.CH3.HI.Pt/c2*1-4(2)3;;;/h2*1-3H3;1H3;1H;/q;;-1;;+2/p+1. The van der Waals surface area contributed by atoms with Crippen LogP contribution < -0.4 is 0 Å². The molecule has 0 spiro atoms. The van der Waals surface area contributed by atoms with Crippen molar-refractivity contribution >= 4 is 35.2 Å². The summed E-state index contributed by atoms with van der Waals surface area (Å²) < 4.78 is 0. The molecule has 4 heteroatoms. The zero-order valence-electron chi connectivity index (χ0n) is 8.69. The Morgan fingerprint density at radius 2 is 0.727 bits per heavy atom. The van der Waals surface area contributed by atoms with E-state index in [4.69, 9.17) is 0 Å². The van der Waals surface area contributed by atoms with Gasteiger partial charge in [0, 0.05) is 40.0 Å². The van der Waals surface area contributed by atoms with Crippen molar-refractivity contribution in [3.8, 4) is 0 Å². The molecule has 0 saturated carbocycles. The van der Waals surface area contributed by atoms with Crippen molar-refractivity contribution in [2.45, 2.75) is 0 Å². The van der Waals surface area contributed by atoms with Gasteiger partial charge in [-0.3, -0.25) is 0 Å². The van der Waals surface area contributed by atoms with Crippen molar-refractivity contribution in [3.63, 3.8) is 0 Å². The van der Waals surface area contributed by atoms with Crippen molar-refractivity contribution in [2.24, 2.45) is 0 Å².